The first-order valence-electron chi connectivity index (χ1n) is 11.8. The molecule has 0 amide bonds. The maximum atomic E-state index is 13.7. The van der Waals surface area contributed by atoms with Crippen molar-refractivity contribution in [3.8, 4) is 5.75 Å². The summed E-state index contributed by atoms with van der Waals surface area (Å²) in [6.07, 6.45) is 1.80. The molecule has 0 bridgehead atoms. The van der Waals surface area contributed by atoms with E-state index in [-0.39, 0.29) is 5.56 Å². The summed E-state index contributed by atoms with van der Waals surface area (Å²) in [5.41, 5.74) is 3.07. The van der Waals surface area contributed by atoms with Crippen molar-refractivity contribution in [2.45, 2.75) is 19.6 Å². The smallest absolute Gasteiger partial charge is 0.338 e. The Kier molecular flexibility index (Phi) is 8.23. The van der Waals surface area contributed by atoms with Crippen LogP contribution in [0.3, 0.4) is 0 Å². The van der Waals surface area contributed by atoms with Crippen LogP contribution in [0.2, 0.25) is 5.02 Å². The number of benzene rings is 3. The summed E-state index contributed by atoms with van der Waals surface area (Å²) in [6, 6.07) is 20.0. The quantitative estimate of drug-likeness (QED) is 0.228. The summed E-state index contributed by atoms with van der Waals surface area (Å²) in [5, 5.41) is 0.635. The predicted octanol–water partition coefficient (Wildman–Crippen LogP) is 6.17. The summed E-state index contributed by atoms with van der Waals surface area (Å²) in [6.45, 7) is 2.06. The van der Waals surface area contributed by atoms with Gasteiger partial charge in [-0.3, -0.25) is 9.36 Å². The molecular weight excluding hydrogens is 668 g/mol. The largest absolute Gasteiger partial charge is 0.486 e. The van der Waals surface area contributed by atoms with Crippen molar-refractivity contribution < 1.29 is 14.3 Å². The Morgan fingerprint density at radius 3 is 2.44 bits per heavy atom. The van der Waals surface area contributed by atoms with Gasteiger partial charge in [-0.15, -0.1) is 0 Å². The highest BCUT2D eigenvalue weighted by Crippen LogP contribution is 2.36. The second-order valence-corrected chi connectivity index (χ2v) is 11.8. The van der Waals surface area contributed by atoms with Gasteiger partial charge in [0.2, 0.25) is 0 Å². The first kappa shape index (κ1) is 27.6. The molecule has 0 aliphatic carbocycles. The van der Waals surface area contributed by atoms with E-state index in [0.717, 1.165) is 16.7 Å². The molecule has 1 unspecified atom stereocenters. The summed E-state index contributed by atoms with van der Waals surface area (Å²) >= 11 is 14.7. The molecule has 0 fully saturated rings. The van der Waals surface area contributed by atoms with Gasteiger partial charge in [0.15, 0.2) is 4.80 Å². The highest BCUT2D eigenvalue weighted by Gasteiger charge is 2.32. The first-order chi connectivity index (χ1) is 18.8. The lowest BCUT2D eigenvalue weighted by atomic mass is 9.96. The number of hydrogen-bond acceptors (Lipinski definition) is 6. The van der Waals surface area contributed by atoms with Crippen LogP contribution >= 0.6 is 54.8 Å². The van der Waals surface area contributed by atoms with Crippen molar-refractivity contribution in [1.82, 2.24) is 4.57 Å². The Morgan fingerprint density at radius 2 is 1.77 bits per heavy atom. The molecule has 0 spiro atoms. The normalized spacial score (nSPS) is 15.1. The average molecular weight is 689 g/mol. The van der Waals surface area contributed by atoms with E-state index in [1.165, 1.54) is 18.4 Å². The molecule has 0 saturated carbocycles. The molecule has 0 radical (unpaired) electrons. The number of aromatic nitrogens is 1. The molecule has 3 aromatic carbocycles. The molecule has 2 heterocycles. The monoisotopic (exact) mass is 686 g/mol. The SMILES string of the molecule is COC(=O)C1=C(C)N=c2sc(=Cc3cc(Br)c(OCc4ccccc4Cl)c(Br)c3)c(=O)n2C1c1ccccc1. The van der Waals surface area contributed by atoms with Crippen LogP contribution in [0.1, 0.15) is 29.7 Å². The molecular formula is C29H21Br2ClN2O4S. The van der Waals surface area contributed by atoms with Gasteiger partial charge in [-0.1, -0.05) is 71.5 Å². The number of halogens is 3. The lowest BCUT2D eigenvalue weighted by Gasteiger charge is -2.24. The van der Waals surface area contributed by atoms with Crippen LogP contribution in [0.4, 0.5) is 0 Å². The van der Waals surface area contributed by atoms with Crippen LogP contribution in [0.5, 0.6) is 5.75 Å². The van der Waals surface area contributed by atoms with Gasteiger partial charge in [-0.25, -0.2) is 9.79 Å². The van der Waals surface area contributed by atoms with Gasteiger partial charge in [-0.05, 0) is 74.2 Å². The number of ether oxygens (including phenoxy) is 2. The van der Waals surface area contributed by atoms with E-state index in [4.69, 9.17) is 21.1 Å². The van der Waals surface area contributed by atoms with Crippen LogP contribution in [-0.2, 0) is 16.1 Å². The Hall–Kier alpha value is -2.98. The Morgan fingerprint density at radius 1 is 1.10 bits per heavy atom. The molecule has 10 heteroatoms. The van der Waals surface area contributed by atoms with E-state index in [1.54, 1.807) is 17.6 Å². The van der Waals surface area contributed by atoms with E-state index in [9.17, 15) is 9.59 Å². The van der Waals surface area contributed by atoms with E-state index >= 15 is 0 Å². The third-order valence-electron chi connectivity index (χ3n) is 6.19. The topological polar surface area (TPSA) is 69.9 Å². The van der Waals surface area contributed by atoms with Gasteiger partial charge in [0, 0.05) is 10.6 Å². The van der Waals surface area contributed by atoms with Crippen molar-refractivity contribution in [2.24, 2.45) is 4.99 Å². The third-order valence-corrected chi connectivity index (χ3v) is 8.72. The van der Waals surface area contributed by atoms with Gasteiger partial charge < -0.3 is 9.47 Å². The van der Waals surface area contributed by atoms with Crippen LogP contribution in [0.15, 0.2) is 96.7 Å². The standard InChI is InChI=1S/C29H21Br2ClN2O4S/c1-16-24(28(36)37-2)25(18-8-4-3-5-9-18)34-27(35)23(39-29(34)33-16)14-17-12-20(30)26(21(31)13-17)38-15-19-10-6-7-11-22(19)32/h3-14,25H,15H2,1-2H3. The number of rotatable bonds is 6. The number of hydrogen-bond donors (Lipinski definition) is 0. The highest BCUT2D eigenvalue weighted by molar-refractivity contribution is 9.11. The fourth-order valence-electron chi connectivity index (χ4n) is 4.36. The number of esters is 1. The molecule has 39 heavy (non-hydrogen) atoms. The average Bonchev–Trinajstić information content (AvgIpc) is 3.22. The zero-order valence-electron chi connectivity index (χ0n) is 20.8. The first-order valence-corrected chi connectivity index (χ1v) is 14.6. The second kappa shape index (κ2) is 11.6. The summed E-state index contributed by atoms with van der Waals surface area (Å²) in [5.74, 6) is 0.107. The number of nitrogens with zero attached hydrogens (tertiary/aromatic N) is 2. The summed E-state index contributed by atoms with van der Waals surface area (Å²) in [4.78, 5) is 31.6. The fraction of sp³-hybridized carbons (Fsp3) is 0.138. The zero-order valence-corrected chi connectivity index (χ0v) is 25.5. The number of carbonyl (C=O) groups excluding carboxylic acids is 1. The molecule has 198 valence electrons. The van der Waals surface area contributed by atoms with Crippen LogP contribution in [0.25, 0.3) is 6.08 Å². The summed E-state index contributed by atoms with van der Waals surface area (Å²) < 4.78 is 14.6. The van der Waals surface area contributed by atoms with Gasteiger partial charge in [-0.2, -0.15) is 0 Å². The molecule has 0 saturated heterocycles. The zero-order chi connectivity index (χ0) is 27.7. The van der Waals surface area contributed by atoms with Gasteiger partial charge in [0.25, 0.3) is 5.56 Å². The fourth-order valence-corrected chi connectivity index (χ4v) is 7.05. The van der Waals surface area contributed by atoms with Crippen LogP contribution in [0, 0.1) is 0 Å². The van der Waals surface area contributed by atoms with Crippen LogP contribution < -0.4 is 19.6 Å². The Bertz CT molecular complexity index is 1770. The molecule has 1 aromatic heterocycles. The van der Waals surface area contributed by atoms with Gasteiger partial charge in [0.1, 0.15) is 12.4 Å². The van der Waals surface area contributed by atoms with E-state index in [2.05, 4.69) is 36.9 Å². The third kappa shape index (κ3) is 5.54. The van der Waals surface area contributed by atoms with Gasteiger partial charge in [0.05, 0.1) is 37.9 Å². The minimum atomic E-state index is -0.642. The maximum Gasteiger partial charge on any atom is 0.338 e. The van der Waals surface area contributed by atoms with Crippen molar-refractivity contribution in [2.75, 3.05) is 7.11 Å². The minimum absolute atomic E-state index is 0.243. The Balaban J connectivity index is 1.55. The molecule has 1 aliphatic rings. The maximum absolute atomic E-state index is 13.7. The van der Waals surface area contributed by atoms with Crippen molar-refractivity contribution in [3.63, 3.8) is 0 Å². The van der Waals surface area contributed by atoms with Crippen molar-refractivity contribution in [1.29, 1.82) is 0 Å². The van der Waals surface area contributed by atoms with Crippen LogP contribution in [-0.4, -0.2) is 17.6 Å². The molecule has 1 atom stereocenters. The number of thiazole rings is 1. The molecule has 6 nitrogen and oxygen atoms in total. The van der Waals surface area contributed by atoms with Crippen molar-refractivity contribution >= 4 is 66.8 Å². The molecule has 0 N–H and O–H groups in total. The van der Waals surface area contributed by atoms with Crippen molar-refractivity contribution in [3.05, 3.63) is 128 Å². The second-order valence-electron chi connectivity index (χ2n) is 8.68. The lowest BCUT2D eigenvalue weighted by Crippen LogP contribution is -2.39. The molecule has 4 aromatic rings. The number of fused-ring (bicyclic) bond motifs is 1. The van der Waals surface area contributed by atoms with E-state index < -0.39 is 12.0 Å². The minimum Gasteiger partial charge on any atom is -0.486 e. The summed E-state index contributed by atoms with van der Waals surface area (Å²) in [7, 11) is 1.33. The van der Waals surface area contributed by atoms with E-state index in [1.807, 2.05) is 66.7 Å². The molecule has 1 aliphatic heterocycles. The number of methoxy groups -OCH3 is 1. The lowest BCUT2D eigenvalue weighted by molar-refractivity contribution is -0.136. The highest BCUT2D eigenvalue weighted by atomic mass is 79.9. The Labute approximate surface area is 250 Å². The van der Waals surface area contributed by atoms with E-state index in [0.29, 0.717) is 46.9 Å². The number of carbonyl (C=O) groups is 1. The van der Waals surface area contributed by atoms with Gasteiger partial charge >= 0.3 is 5.97 Å². The molecule has 5 rings (SSSR count). The number of allylic oxidation sites excluding steroid dienone is 1. The predicted molar refractivity (Wildman–Crippen MR) is 160 cm³/mol.